The fourth-order valence-corrected chi connectivity index (χ4v) is 5.12. The smallest absolute Gasteiger partial charge is 0.342 e. The Morgan fingerprint density at radius 1 is 1.18 bits per heavy atom. The maximum Gasteiger partial charge on any atom is 0.342 e. The highest BCUT2D eigenvalue weighted by molar-refractivity contribution is 6.70. The number of anilines is 1. The Balaban J connectivity index is 1.61. The molecular formula is C33H42BN2O9. The van der Waals surface area contributed by atoms with Crippen LogP contribution in [0.25, 0.3) is 6.08 Å². The molecule has 2 aliphatic rings. The zero-order valence-corrected chi connectivity index (χ0v) is 26.5. The van der Waals surface area contributed by atoms with E-state index in [4.69, 9.17) is 28.4 Å². The molecule has 0 bridgehead atoms. The third kappa shape index (κ3) is 9.40. The molecule has 0 amide bonds. The predicted octanol–water partition coefficient (Wildman–Crippen LogP) is 4.18. The first-order chi connectivity index (χ1) is 21.6. The summed E-state index contributed by atoms with van der Waals surface area (Å²) in [5.41, 5.74) is 0.758. The van der Waals surface area contributed by atoms with E-state index in [9.17, 15) is 14.7 Å². The minimum Gasteiger partial charge on any atom is -0.493 e. The van der Waals surface area contributed by atoms with Gasteiger partial charge in [0.05, 0.1) is 12.7 Å². The van der Waals surface area contributed by atoms with E-state index < -0.39 is 36.2 Å². The van der Waals surface area contributed by atoms with Crippen LogP contribution in [0.3, 0.4) is 0 Å². The summed E-state index contributed by atoms with van der Waals surface area (Å²) < 4.78 is 35.1. The number of aliphatic hydroxyl groups is 1. The van der Waals surface area contributed by atoms with Gasteiger partial charge in [0.25, 0.3) is 0 Å². The van der Waals surface area contributed by atoms with Crippen LogP contribution in [0.2, 0.25) is 0 Å². The number of methoxy groups -OCH3 is 1. The van der Waals surface area contributed by atoms with Crippen LogP contribution in [-0.4, -0.2) is 86.9 Å². The lowest BCUT2D eigenvalue weighted by atomic mass is 9.94. The van der Waals surface area contributed by atoms with Crippen molar-refractivity contribution in [1.82, 2.24) is 4.98 Å². The van der Waals surface area contributed by atoms with Crippen LogP contribution in [-0.2, 0) is 23.7 Å². The number of hydrogen-bond donors (Lipinski definition) is 1. The van der Waals surface area contributed by atoms with Crippen LogP contribution in [0.1, 0.15) is 56.5 Å². The van der Waals surface area contributed by atoms with Crippen molar-refractivity contribution in [2.45, 2.75) is 70.7 Å². The van der Waals surface area contributed by atoms with Gasteiger partial charge in [0.1, 0.15) is 47.4 Å². The molecule has 5 atom stereocenters. The first-order valence-electron chi connectivity index (χ1n) is 15.1. The van der Waals surface area contributed by atoms with E-state index in [0.29, 0.717) is 43.1 Å². The standard InChI is InChI=1S/C33H42BN2O9/c1-22-13-14-26(38)31-27(44-33(3,4)45-31)11-8-10-24-18-25(19-28(42-21-40-5)30(24)32(39)43-23(22)2)41-17-9-16-36(34-20-37)29-12-6-7-15-35-29/h6-8,10,12-15,18-20,22-23,26-27,31,38H,9,11,16-17,21H2,1-5H3/t22-,23?,26?,27?,31?/m1/s1. The molecule has 0 saturated carbocycles. The Bertz CT molecular complexity index is 1340. The van der Waals surface area contributed by atoms with Crippen LogP contribution < -0.4 is 14.3 Å². The highest BCUT2D eigenvalue weighted by Crippen LogP contribution is 2.35. The Labute approximate surface area is 265 Å². The van der Waals surface area contributed by atoms with E-state index in [0.717, 1.165) is 6.19 Å². The molecule has 3 heterocycles. The molecule has 1 aromatic carbocycles. The van der Waals surface area contributed by atoms with Gasteiger partial charge in [0.15, 0.2) is 12.6 Å². The van der Waals surface area contributed by atoms with E-state index in [1.807, 2.05) is 51.1 Å². The van der Waals surface area contributed by atoms with E-state index in [-0.39, 0.29) is 24.0 Å². The number of pyridine rings is 1. The third-order valence-electron chi connectivity index (χ3n) is 7.51. The molecule has 4 rings (SSSR count). The summed E-state index contributed by atoms with van der Waals surface area (Å²) in [6.45, 7) is 8.05. The lowest BCUT2D eigenvalue weighted by Crippen LogP contribution is -2.34. The Morgan fingerprint density at radius 3 is 2.73 bits per heavy atom. The number of nitrogens with zero attached hydrogens (tertiary/aromatic N) is 2. The summed E-state index contributed by atoms with van der Waals surface area (Å²) >= 11 is 0. The number of rotatable bonds is 11. The molecule has 1 aromatic heterocycles. The van der Waals surface area contributed by atoms with Crippen LogP contribution in [0.15, 0.2) is 54.8 Å². The molecule has 1 radical (unpaired) electrons. The van der Waals surface area contributed by atoms with Gasteiger partial charge in [-0.1, -0.05) is 37.3 Å². The van der Waals surface area contributed by atoms with Gasteiger partial charge in [0.2, 0.25) is 0 Å². The molecule has 45 heavy (non-hydrogen) atoms. The van der Waals surface area contributed by atoms with Crippen molar-refractivity contribution in [2.75, 3.05) is 31.9 Å². The lowest BCUT2D eigenvalue weighted by molar-refractivity contribution is -0.152. The Morgan fingerprint density at radius 2 is 2.00 bits per heavy atom. The van der Waals surface area contributed by atoms with Crippen LogP contribution >= 0.6 is 0 Å². The molecular weight excluding hydrogens is 579 g/mol. The van der Waals surface area contributed by atoms with Crippen LogP contribution in [0, 0.1) is 5.92 Å². The summed E-state index contributed by atoms with van der Waals surface area (Å²) in [7, 11) is 2.93. The molecule has 1 N–H and O–H groups in total. The predicted molar refractivity (Wildman–Crippen MR) is 170 cm³/mol. The first kappa shape index (κ1) is 34.2. The van der Waals surface area contributed by atoms with Crippen molar-refractivity contribution in [2.24, 2.45) is 5.92 Å². The number of fused-ring (bicyclic) bond motifs is 2. The molecule has 4 unspecified atom stereocenters. The van der Waals surface area contributed by atoms with Gasteiger partial charge in [-0.05, 0) is 57.4 Å². The van der Waals surface area contributed by atoms with Gasteiger partial charge in [-0.3, -0.25) is 0 Å². The second-order valence-electron chi connectivity index (χ2n) is 11.4. The highest BCUT2D eigenvalue weighted by Gasteiger charge is 2.43. The maximum atomic E-state index is 13.6. The first-order valence-corrected chi connectivity index (χ1v) is 15.1. The zero-order valence-electron chi connectivity index (χ0n) is 26.5. The number of carbonyl (C=O) groups is 2. The summed E-state index contributed by atoms with van der Waals surface area (Å²) in [6.07, 6.45) is 8.11. The molecule has 0 spiro atoms. The molecule has 0 aliphatic carbocycles. The monoisotopic (exact) mass is 621 g/mol. The quantitative estimate of drug-likeness (QED) is 0.0970. The van der Waals surface area contributed by atoms with Gasteiger partial charge in [-0.2, -0.15) is 0 Å². The molecule has 1 saturated heterocycles. The SMILES string of the molecule is COCOc1cc(OCCCN([B]C=O)c2ccccn2)cc2c1C(=O)OC(C)[C@H](C)C=CC(O)C1OC(C)(C)OC1CC=C2. The number of esters is 1. The van der Waals surface area contributed by atoms with Crippen LogP contribution in [0.4, 0.5) is 5.82 Å². The van der Waals surface area contributed by atoms with Gasteiger partial charge < -0.3 is 43.1 Å². The summed E-state index contributed by atoms with van der Waals surface area (Å²) in [5.74, 6) is -0.245. The van der Waals surface area contributed by atoms with Crippen molar-refractivity contribution in [3.63, 3.8) is 0 Å². The van der Waals surface area contributed by atoms with Crippen molar-refractivity contribution in [3.8, 4) is 11.5 Å². The fraction of sp³-hybridized carbons (Fsp3) is 0.485. The van der Waals surface area contributed by atoms with Gasteiger partial charge >= 0.3 is 13.4 Å². The second-order valence-corrected chi connectivity index (χ2v) is 11.4. The molecule has 12 heteroatoms. The minimum atomic E-state index is -0.905. The summed E-state index contributed by atoms with van der Waals surface area (Å²) in [5, 5.41) is 10.9. The van der Waals surface area contributed by atoms with Gasteiger partial charge in [-0.25, -0.2) is 9.78 Å². The number of aromatic nitrogens is 1. The number of aliphatic hydroxyl groups excluding tert-OH is 1. The van der Waals surface area contributed by atoms with E-state index in [1.54, 1.807) is 42.2 Å². The van der Waals surface area contributed by atoms with Crippen molar-refractivity contribution < 1.29 is 43.1 Å². The number of cyclic esters (lactones) is 1. The fourth-order valence-electron chi connectivity index (χ4n) is 5.12. The Hall–Kier alpha value is -3.71. The Kier molecular flexibility index (Phi) is 12.2. The maximum absolute atomic E-state index is 13.6. The molecule has 2 aromatic rings. The molecule has 11 nitrogen and oxygen atoms in total. The minimum absolute atomic E-state index is 0.0932. The van der Waals surface area contributed by atoms with Gasteiger partial charge in [0, 0.05) is 31.8 Å². The molecule has 2 aliphatic heterocycles. The van der Waals surface area contributed by atoms with Gasteiger partial charge in [-0.15, -0.1) is 0 Å². The highest BCUT2D eigenvalue weighted by atomic mass is 16.8. The third-order valence-corrected chi connectivity index (χ3v) is 7.51. The van der Waals surface area contributed by atoms with Crippen molar-refractivity contribution in [1.29, 1.82) is 0 Å². The number of carbonyl (C=O) groups excluding carboxylic acids is 2. The van der Waals surface area contributed by atoms with E-state index >= 15 is 0 Å². The zero-order chi connectivity index (χ0) is 32.4. The van der Waals surface area contributed by atoms with Crippen LogP contribution in [0.5, 0.6) is 11.5 Å². The number of benzene rings is 1. The largest absolute Gasteiger partial charge is 0.493 e. The normalized spacial score (nSPS) is 24.5. The average molecular weight is 622 g/mol. The lowest BCUT2D eigenvalue weighted by Gasteiger charge is -2.23. The molecule has 241 valence electrons. The van der Waals surface area contributed by atoms with Crippen molar-refractivity contribution >= 4 is 31.5 Å². The number of hydrogen-bond acceptors (Lipinski definition) is 11. The van der Waals surface area contributed by atoms with E-state index in [2.05, 4.69) is 4.98 Å². The summed E-state index contributed by atoms with van der Waals surface area (Å²) in [4.78, 5) is 30.9. The van der Waals surface area contributed by atoms with E-state index in [1.165, 1.54) is 14.5 Å². The average Bonchev–Trinajstić information content (AvgIpc) is 3.33. The number of ether oxygens (including phenoxy) is 6. The summed E-state index contributed by atoms with van der Waals surface area (Å²) in [6, 6.07) is 8.88. The molecule has 1 fully saturated rings. The second kappa shape index (κ2) is 16.0. The van der Waals surface area contributed by atoms with Crippen molar-refractivity contribution in [3.05, 3.63) is 65.9 Å². The topological polar surface area (TPSA) is 126 Å².